The molecule has 2 heterocycles. The first kappa shape index (κ1) is 15.4. The van der Waals surface area contributed by atoms with Gasteiger partial charge < -0.3 is 4.74 Å². The molecule has 2 rings (SSSR count). The Kier molecular flexibility index (Phi) is 5.64. The quantitative estimate of drug-likeness (QED) is 0.492. The van der Waals surface area contributed by atoms with Gasteiger partial charge in [-0.1, -0.05) is 23.1 Å². The van der Waals surface area contributed by atoms with Crippen molar-refractivity contribution in [3.8, 4) is 0 Å². The molecular weight excluding hydrogens is 312 g/mol. The fraction of sp³-hybridized carbons (Fsp3) is 0.250. The van der Waals surface area contributed by atoms with Gasteiger partial charge in [-0.2, -0.15) is 0 Å². The number of thioether (sulfide) groups is 1. The van der Waals surface area contributed by atoms with E-state index in [4.69, 9.17) is 4.74 Å². The molecule has 0 aliphatic rings. The third kappa shape index (κ3) is 4.80. The van der Waals surface area contributed by atoms with Crippen molar-refractivity contribution >= 4 is 40.1 Å². The molecule has 0 unspecified atom stereocenters. The number of ether oxygens (including phenoxy) is 1. The van der Waals surface area contributed by atoms with Crippen molar-refractivity contribution in [2.45, 2.75) is 11.3 Å². The van der Waals surface area contributed by atoms with Crippen molar-refractivity contribution in [3.63, 3.8) is 0 Å². The van der Waals surface area contributed by atoms with Gasteiger partial charge in [-0.05, 0) is 19.1 Å². The minimum atomic E-state index is -0.307. The molecule has 0 aliphatic heterocycles. The molecule has 110 valence electrons. The molecule has 0 atom stereocenters. The zero-order valence-electron chi connectivity index (χ0n) is 11.1. The molecule has 21 heavy (non-hydrogen) atoms. The van der Waals surface area contributed by atoms with E-state index in [-0.39, 0.29) is 17.6 Å². The Morgan fingerprint density at radius 3 is 3.00 bits per heavy atom. The molecule has 0 aromatic carbocycles. The van der Waals surface area contributed by atoms with Crippen LogP contribution in [0, 0.1) is 0 Å². The summed E-state index contributed by atoms with van der Waals surface area (Å²) in [6, 6.07) is 3.33. The standard InChI is InChI=1S/C12H12N4O3S2/c1-2-19-9(17)7-20-12-16-15-11(21-12)14-10(18)8-4-3-5-13-6-8/h3-6H,2,7H2,1H3,(H,14,15,18). The molecule has 1 N–H and O–H groups in total. The summed E-state index contributed by atoms with van der Waals surface area (Å²) in [6.45, 7) is 2.10. The van der Waals surface area contributed by atoms with Gasteiger partial charge in [-0.25, -0.2) is 0 Å². The van der Waals surface area contributed by atoms with Crippen molar-refractivity contribution < 1.29 is 14.3 Å². The number of carbonyl (C=O) groups excluding carboxylic acids is 2. The van der Waals surface area contributed by atoms with E-state index in [0.29, 0.717) is 21.6 Å². The van der Waals surface area contributed by atoms with Gasteiger partial charge in [0.25, 0.3) is 5.91 Å². The van der Waals surface area contributed by atoms with Gasteiger partial charge in [0, 0.05) is 12.4 Å². The first-order valence-electron chi connectivity index (χ1n) is 6.02. The third-order valence-electron chi connectivity index (χ3n) is 2.17. The van der Waals surface area contributed by atoms with E-state index in [9.17, 15) is 9.59 Å². The van der Waals surface area contributed by atoms with Crippen LogP contribution < -0.4 is 5.32 Å². The van der Waals surface area contributed by atoms with Crippen LogP contribution in [0.1, 0.15) is 17.3 Å². The number of nitrogens with one attached hydrogen (secondary N) is 1. The Morgan fingerprint density at radius 1 is 1.43 bits per heavy atom. The van der Waals surface area contributed by atoms with E-state index >= 15 is 0 Å². The molecular formula is C12H12N4O3S2. The molecule has 2 aromatic rings. The summed E-state index contributed by atoms with van der Waals surface area (Å²) < 4.78 is 5.40. The zero-order valence-corrected chi connectivity index (χ0v) is 12.7. The van der Waals surface area contributed by atoms with Gasteiger partial charge in [0.05, 0.1) is 17.9 Å². The highest BCUT2D eigenvalue weighted by Gasteiger charge is 2.12. The minimum Gasteiger partial charge on any atom is -0.465 e. The second kappa shape index (κ2) is 7.70. The molecule has 0 fully saturated rings. The van der Waals surface area contributed by atoms with Crippen molar-refractivity contribution in [2.24, 2.45) is 0 Å². The first-order chi connectivity index (χ1) is 10.2. The highest BCUT2D eigenvalue weighted by molar-refractivity contribution is 8.01. The summed E-state index contributed by atoms with van der Waals surface area (Å²) in [6.07, 6.45) is 3.05. The summed E-state index contributed by atoms with van der Waals surface area (Å²) in [4.78, 5) is 27.0. The molecule has 0 saturated carbocycles. The molecule has 1 amide bonds. The lowest BCUT2D eigenvalue weighted by atomic mass is 10.3. The molecule has 7 nitrogen and oxygen atoms in total. The van der Waals surface area contributed by atoms with Crippen LogP contribution in [0.3, 0.4) is 0 Å². The SMILES string of the molecule is CCOC(=O)CSc1nnc(NC(=O)c2cccnc2)s1. The minimum absolute atomic E-state index is 0.166. The number of hydrogen-bond acceptors (Lipinski definition) is 8. The smallest absolute Gasteiger partial charge is 0.316 e. The number of pyridine rings is 1. The van der Waals surface area contributed by atoms with Crippen LogP contribution in [-0.2, 0) is 9.53 Å². The van der Waals surface area contributed by atoms with E-state index in [1.807, 2.05) is 0 Å². The fourth-order valence-corrected chi connectivity index (χ4v) is 2.85. The average molecular weight is 324 g/mol. The third-order valence-corrected chi connectivity index (χ3v) is 4.11. The molecule has 0 bridgehead atoms. The lowest BCUT2D eigenvalue weighted by Crippen LogP contribution is -2.11. The number of aromatic nitrogens is 3. The predicted octanol–water partition coefficient (Wildman–Crippen LogP) is 1.84. The highest BCUT2D eigenvalue weighted by atomic mass is 32.2. The van der Waals surface area contributed by atoms with Gasteiger partial charge in [0.1, 0.15) is 0 Å². The highest BCUT2D eigenvalue weighted by Crippen LogP contribution is 2.25. The fourth-order valence-electron chi connectivity index (χ4n) is 1.31. The molecule has 9 heteroatoms. The number of hydrogen-bond donors (Lipinski definition) is 1. The first-order valence-corrected chi connectivity index (χ1v) is 7.82. The van der Waals surface area contributed by atoms with Crippen molar-refractivity contribution in [1.29, 1.82) is 0 Å². The number of esters is 1. The van der Waals surface area contributed by atoms with E-state index in [1.54, 1.807) is 25.3 Å². The van der Waals surface area contributed by atoms with Crippen LogP contribution in [0.25, 0.3) is 0 Å². The summed E-state index contributed by atoms with van der Waals surface area (Å²) in [5, 5.41) is 10.7. The van der Waals surface area contributed by atoms with Crippen LogP contribution >= 0.6 is 23.1 Å². The largest absolute Gasteiger partial charge is 0.465 e. The lowest BCUT2D eigenvalue weighted by molar-refractivity contribution is -0.139. The Morgan fingerprint density at radius 2 is 2.29 bits per heavy atom. The van der Waals surface area contributed by atoms with Crippen LogP contribution in [0.15, 0.2) is 28.9 Å². The van der Waals surface area contributed by atoms with Gasteiger partial charge in [-0.3, -0.25) is 19.9 Å². The normalized spacial score (nSPS) is 10.1. The van der Waals surface area contributed by atoms with Gasteiger partial charge in [0.2, 0.25) is 5.13 Å². The maximum atomic E-state index is 11.9. The average Bonchev–Trinajstić information content (AvgIpc) is 2.94. The summed E-state index contributed by atoms with van der Waals surface area (Å²) in [5.41, 5.74) is 0.438. The number of anilines is 1. The van der Waals surface area contributed by atoms with E-state index < -0.39 is 0 Å². The topological polar surface area (TPSA) is 94.1 Å². The lowest BCUT2D eigenvalue weighted by Gasteiger charge is -1.99. The maximum absolute atomic E-state index is 11.9. The number of rotatable bonds is 6. The van der Waals surface area contributed by atoms with Crippen molar-refractivity contribution in [1.82, 2.24) is 15.2 Å². The summed E-state index contributed by atoms with van der Waals surface area (Å²) >= 11 is 2.42. The molecule has 0 spiro atoms. The van der Waals surface area contributed by atoms with Gasteiger partial charge in [-0.15, -0.1) is 10.2 Å². The Labute approximate surface area is 129 Å². The predicted molar refractivity (Wildman–Crippen MR) is 79.5 cm³/mol. The Balaban J connectivity index is 1.88. The van der Waals surface area contributed by atoms with E-state index in [0.717, 1.165) is 0 Å². The van der Waals surface area contributed by atoms with Crippen LogP contribution in [0.5, 0.6) is 0 Å². The molecule has 2 aromatic heterocycles. The van der Waals surface area contributed by atoms with Crippen molar-refractivity contribution in [3.05, 3.63) is 30.1 Å². The van der Waals surface area contributed by atoms with Gasteiger partial charge >= 0.3 is 5.97 Å². The number of carbonyl (C=O) groups is 2. The maximum Gasteiger partial charge on any atom is 0.316 e. The van der Waals surface area contributed by atoms with Gasteiger partial charge in [0.15, 0.2) is 4.34 Å². The monoisotopic (exact) mass is 324 g/mol. The Bertz CT molecular complexity index is 618. The summed E-state index contributed by atoms with van der Waals surface area (Å²) in [5.74, 6) is -0.446. The second-order valence-electron chi connectivity index (χ2n) is 3.66. The molecule has 0 radical (unpaired) electrons. The second-order valence-corrected chi connectivity index (χ2v) is 5.86. The Hall–Kier alpha value is -2.00. The number of nitrogens with zero attached hydrogens (tertiary/aromatic N) is 3. The molecule has 0 aliphatic carbocycles. The summed E-state index contributed by atoms with van der Waals surface area (Å²) in [7, 11) is 0. The zero-order chi connectivity index (χ0) is 15.1. The van der Waals surface area contributed by atoms with Crippen LogP contribution in [0.4, 0.5) is 5.13 Å². The van der Waals surface area contributed by atoms with Crippen molar-refractivity contribution in [2.75, 3.05) is 17.7 Å². The van der Waals surface area contributed by atoms with E-state index in [2.05, 4.69) is 20.5 Å². The van der Waals surface area contributed by atoms with Crippen LogP contribution in [0.2, 0.25) is 0 Å². The molecule has 0 saturated heterocycles. The number of amides is 1. The van der Waals surface area contributed by atoms with E-state index in [1.165, 1.54) is 29.3 Å². The van der Waals surface area contributed by atoms with Crippen LogP contribution in [-0.4, -0.2) is 39.4 Å².